The highest BCUT2D eigenvalue weighted by Crippen LogP contribution is 2.29. The van der Waals surface area contributed by atoms with E-state index >= 15 is 0 Å². The smallest absolute Gasteiger partial charge is 0.223 e. The van der Waals surface area contributed by atoms with E-state index in [4.69, 9.17) is 9.47 Å². The van der Waals surface area contributed by atoms with Crippen molar-refractivity contribution in [3.63, 3.8) is 0 Å². The van der Waals surface area contributed by atoms with Gasteiger partial charge in [-0.1, -0.05) is 12.1 Å². The first kappa shape index (κ1) is 12.7. The Labute approximate surface area is 107 Å². The molecular weight excluding hydrogens is 230 g/mol. The standard InChI is InChI=1S/C14H19NO3/c1-10(15-14(16)11-7-8-11)9-18-13-6-4-3-5-12(13)17-2/h3-6,10-11H,7-9H2,1-2H3,(H,15,16)/t10-/m1/s1. The van der Waals surface area contributed by atoms with Crippen LogP contribution in [-0.2, 0) is 4.79 Å². The summed E-state index contributed by atoms with van der Waals surface area (Å²) in [7, 11) is 1.61. The summed E-state index contributed by atoms with van der Waals surface area (Å²) in [4.78, 5) is 11.6. The molecule has 0 bridgehead atoms. The molecule has 1 atom stereocenters. The molecule has 0 aliphatic heterocycles. The van der Waals surface area contributed by atoms with E-state index in [9.17, 15) is 4.79 Å². The Bertz CT molecular complexity index is 415. The van der Waals surface area contributed by atoms with Gasteiger partial charge in [-0.25, -0.2) is 0 Å². The maximum Gasteiger partial charge on any atom is 0.223 e. The summed E-state index contributed by atoms with van der Waals surface area (Å²) >= 11 is 0. The van der Waals surface area contributed by atoms with Crippen LogP contribution in [0.4, 0.5) is 0 Å². The maximum atomic E-state index is 11.6. The van der Waals surface area contributed by atoms with Gasteiger partial charge >= 0.3 is 0 Å². The van der Waals surface area contributed by atoms with E-state index in [-0.39, 0.29) is 17.9 Å². The van der Waals surface area contributed by atoms with Gasteiger partial charge in [-0.2, -0.15) is 0 Å². The molecule has 18 heavy (non-hydrogen) atoms. The largest absolute Gasteiger partial charge is 0.493 e. The fourth-order valence-electron chi connectivity index (χ4n) is 1.70. The molecular formula is C14H19NO3. The molecule has 0 radical (unpaired) electrons. The number of hydrogen-bond donors (Lipinski definition) is 1. The Balaban J connectivity index is 1.80. The highest BCUT2D eigenvalue weighted by atomic mass is 16.5. The number of nitrogens with one attached hydrogen (secondary N) is 1. The minimum atomic E-state index is 0.00279. The summed E-state index contributed by atoms with van der Waals surface area (Å²) < 4.78 is 10.8. The number of rotatable bonds is 6. The average Bonchev–Trinajstić information content (AvgIpc) is 3.21. The molecule has 1 aliphatic carbocycles. The lowest BCUT2D eigenvalue weighted by atomic mass is 10.3. The minimum absolute atomic E-state index is 0.00279. The highest BCUT2D eigenvalue weighted by Gasteiger charge is 2.30. The molecule has 1 aromatic carbocycles. The van der Waals surface area contributed by atoms with Crippen LogP contribution < -0.4 is 14.8 Å². The third-order valence-corrected chi connectivity index (χ3v) is 2.89. The second-order valence-electron chi connectivity index (χ2n) is 4.65. The SMILES string of the molecule is COc1ccccc1OC[C@@H](C)NC(=O)C1CC1. The minimum Gasteiger partial charge on any atom is -0.493 e. The van der Waals surface area contributed by atoms with Crippen LogP contribution in [0.5, 0.6) is 11.5 Å². The van der Waals surface area contributed by atoms with E-state index in [1.807, 2.05) is 31.2 Å². The van der Waals surface area contributed by atoms with Gasteiger partial charge in [0.25, 0.3) is 0 Å². The summed E-state index contributed by atoms with van der Waals surface area (Å²) in [6.07, 6.45) is 2.04. The van der Waals surface area contributed by atoms with E-state index in [0.29, 0.717) is 18.1 Å². The van der Waals surface area contributed by atoms with Crippen molar-refractivity contribution < 1.29 is 14.3 Å². The van der Waals surface area contributed by atoms with Gasteiger partial charge in [-0.3, -0.25) is 4.79 Å². The molecule has 1 aromatic rings. The van der Waals surface area contributed by atoms with Gasteiger partial charge in [0.1, 0.15) is 6.61 Å². The van der Waals surface area contributed by atoms with Crippen LogP contribution in [0.1, 0.15) is 19.8 Å². The zero-order chi connectivity index (χ0) is 13.0. The van der Waals surface area contributed by atoms with Crippen LogP contribution >= 0.6 is 0 Å². The molecule has 0 spiro atoms. The quantitative estimate of drug-likeness (QED) is 0.838. The molecule has 1 N–H and O–H groups in total. The first-order valence-electron chi connectivity index (χ1n) is 6.27. The lowest BCUT2D eigenvalue weighted by Gasteiger charge is -2.16. The van der Waals surface area contributed by atoms with Crippen molar-refractivity contribution in [1.29, 1.82) is 0 Å². The highest BCUT2D eigenvalue weighted by molar-refractivity contribution is 5.81. The number of methoxy groups -OCH3 is 1. The number of amides is 1. The fourth-order valence-corrected chi connectivity index (χ4v) is 1.70. The van der Waals surface area contributed by atoms with Crippen LogP contribution in [0.2, 0.25) is 0 Å². The van der Waals surface area contributed by atoms with Gasteiger partial charge in [0.2, 0.25) is 5.91 Å². The molecule has 0 unspecified atom stereocenters. The predicted molar refractivity (Wildman–Crippen MR) is 68.8 cm³/mol. The van der Waals surface area contributed by atoms with Gasteiger partial charge in [0.05, 0.1) is 13.2 Å². The average molecular weight is 249 g/mol. The van der Waals surface area contributed by atoms with Gasteiger partial charge in [-0.15, -0.1) is 0 Å². The summed E-state index contributed by atoms with van der Waals surface area (Å²) in [6, 6.07) is 7.50. The molecule has 98 valence electrons. The summed E-state index contributed by atoms with van der Waals surface area (Å²) in [5.41, 5.74) is 0. The van der Waals surface area contributed by atoms with Crippen molar-refractivity contribution in [2.75, 3.05) is 13.7 Å². The molecule has 2 rings (SSSR count). The van der Waals surface area contributed by atoms with Crippen molar-refractivity contribution >= 4 is 5.91 Å². The van der Waals surface area contributed by atoms with Crippen LogP contribution in [-0.4, -0.2) is 25.7 Å². The fraction of sp³-hybridized carbons (Fsp3) is 0.500. The van der Waals surface area contributed by atoms with E-state index in [1.54, 1.807) is 7.11 Å². The Morgan fingerprint density at radius 1 is 1.39 bits per heavy atom. The molecule has 0 saturated heterocycles. The van der Waals surface area contributed by atoms with Crippen molar-refractivity contribution in [3.8, 4) is 11.5 Å². The van der Waals surface area contributed by atoms with E-state index in [2.05, 4.69) is 5.32 Å². The van der Waals surface area contributed by atoms with Gasteiger partial charge in [-0.05, 0) is 31.9 Å². The normalized spacial score (nSPS) is 15.9. The van der Waals surface area contributed by atoms with Crippen molar-refractivity contribution in [2.24, 2.45) is 5.92 Å². The second-order valence-corrected chi connectivity index (χ2v) is 4.65. The summed E-state index contributed by atoms with van der Waals surface area (Å²) in [5, 5.41) is 2.94. The molecule has 1 saturated carbocycles. The summed E-state index contributed by atoms with van der Waals surface area (Å²) in [6.45, 7) is 2.38. The number of carbonyl (C=O) groups is 1. The number of benzene rings is 1. The Morgan fingerprint density at radius 3 is 2.67 bits per heavy atom. The molecule has 1 fully saturated rings. The molecule has 1 aliphatic rings. The topological polar surface area (TPSA) is 47.6 Å². The third-order valence-electron chi connectivity index (χ3n) is 2.89. The van der Waals surface area contributed by atoms with E-state index in [0.717, 1.165) is 12.8 Å². The van der Waals surface area contributed by atoms with Gasteiger partial charge < -0.3 is 14.8 Å². The van der Waals surface area contributed by atoms with Crippen LogP contribution in [0, 0.1) is 5.92 Å². The number of ether oxygens (including phenoxy) is 2. The van der Waals surface area contributed by atoms with Crippen molar-refractivity contribution in [1.82, 2.24) is 5.32 Å². The molecule has 0 heterocycles. The molecule has 4 nitrogen and oxygen atoms in total. The number of para-hydroxylation sites is 2. The van der Waals surface area contributed by atoms with Crippen molar-refractivity contribution in [3.05, 3.63) is 24.3 Å². The number of hydrogen-bond acceptors (Lipinski definition) is 3. The Morgan fingerprint density at radius 2 is 2.06 bits per heavy atom. The predicted octanol–water partition coefficient (Wildman–Crippen LogP) is 1.99. The monoisotopic (exact) mass is 249 g/mol. The van der Waals surface area contributed by atoms with Crippen molar-refractivity contribution in [2.45, 2.75) is 25.8 Å². The zero-order valence-electron chi connectivity index (χ0n) is 10.8. The molecule has 4 heteroatoms. The van der Waals surface area contributed by atoms with Crippen LogP contribution in [0.25, 0.3) is 0 Å². The van der Waals surface area contributed by atoms with Gasteiger partial charge in [0, 0.05) is 5.92 Å². The van der Waals surface area contributed by atoms with Crippen LogP contribution in [0.3, 0.4) is 0 Å². The number of carbonyl (C=O) groups excluding carboxylic acids is 1. The van der Waals surface area contributed by atoms with E-state index < -0.39 is 0 Å². The zero-order valence-corrected chi connectivity index (χ0v) is 10.8. The maximum absolute atomic E-state index is 11.6. The van der Waals surface area contributed by atoms with Crippen LogP contribution in [0.15, 0.2) is 24.3 Å². The first-order valence-corrected chi connectivity index (χ1v) is 6.27. The molecule has 1 amide bonds. The Kier molecular flexibility index (Phi) is 4.07. The summed E-state index contributed by atoms with van der Waals surface area (Å²) in [5.74, 6) is 1.79. The molecule has 0 aromatic heterocycles. The lowest BCUT2D eigenvalue weighted by Crippen LogP contribution is -2.37. The van der Waals surface area contributed by atoms with E-state index in [1.165, 1.54) is 0 Å². The van der Waals surface area contributed by atoms with Gasteiger partial charge in [0.15, 0.2) is 11.5 Å². The Hall–Kier alpha value is -1.71. The first-order chi connectivity index (χ1) is 8.70. The lowest BCUT2D eigenvalue weighted by molar-refractivity contribution is -0.123. The third kappa shape index (κ3) is 3.39. The second kappa shape index (κ2) is 5.76.